The second-order valence-electron chi connectivity index (χ2n) is 3.93. The van der Waals surface area contributed by atoms with Crippen LogP contribution in [0.25, 0.3) is 0 Å². The van der Waals surface area contributed by atoms with Crippen molar-refractivity contribution >= 4 is 29.8 Å². The molecule has 0 aliphatic rings. The zero-order valence-electron chi connectivity index (χ0n) is 12.8. The first-order chi connectivity index (χ1) is 9.87. The Morgan fingerprint density at radius 2 is 1.76 bits per heavy atom. The third-order valence-corrected chi connectivity index (χ3v) is 3.24. The van der Waals surface area contributed by atoms with Gasteiger partial charge in [0.05, 0.1) is 12.3 Å². The molecular weight excluding hydrogens is 298 g/mol. The van der Waals surface area contributed by atoms with Gasteiger partial charge in [0.25, 0.3) is 0 Å². The van der Waals surface area contributed by atoms with Gasteiger partial charge in [-0.05, 0) is 12.0 Å². The summed E-state index contributed by atoms with van der Waals surface area (Å²) in [4.78, 5) is 34.0. The molecule has 21 heavy (non-hydrogen) atoms. The molecule has 0 saturated heterocycles. The molecule has 0 rings (SSSR count). The van der Waals surface area contributed by atoms with Gasteiger partial charge in [-0.25, -0.2) is 0 Å². The van der Waals surface area contributed by atoms with Crippen LogP contribution in [0.3, 0.4) is 0 Å². The maximum absolute atomic E-state index is 11.9. The molecule has 0 saturated carbocycles. The van der Waals surface area contributed by atoms with Crippen LogP contribution in [0.2, 0.25) is 0 Å². The number of nitrogens with two attached hydrogens (primary N) is 1. The van der Waals surface area contributed by atoms with Crippen molar-refractivity contribution in [1.29, 1.82) is 0 Å². The van der Waals surface area contributed by atoms with Crippen LogP contribution in [0, 0.1) is 5.92 Å². The van der Waals surface area contributed by atoms with Gasteiger partial charge < -0.3 is 26.0 Å². The Kier molecular flexibility index (Phi) is 13.0. The van der Waals surface area contributed by atoms with Crippen LogP contribution in [0.5, 0.6) is 0 Å². The van der Waals surface area contributed by atoms with E-state index in [1.54, 1.807) is 0 Å². The molecule has 0 spiro atoms. The molecule has 0 aromatic heterocycles. The fourth-order valence-corrected chi connectivity index (χ4v) is 1.78. The number of carboxylic acid groups (broad SMARTS) is 1. The van der Waals surface area contributed by atoms with Crippen LogP contribution in [-0.4, -0.2) is 52.3 Å². The number of carbonyl (C=O) groups is 3. The normalized spacial score (nSPS) is 14.0. The highest BCUT2D eigenvalue weighted by Gasteiger charge is 2.30. The van der Waals surface area contributed by atoms with E-state index in [1.807, 2.05) is 13.8 Å². The van der Waals surface area contributed by atoms with E-state index in [-0.39, 0.29) is 6.54 Å². The Labute approximate surface area is 129 Å². The van der Waals surface area contributed by atoms with Gasteiger partial charge in [-0.1, -0.05) is 20.8 Å². The Morgan fingerprint density at radius 1 is 1.24 bits per heavy atom. The Balaban J connectivity index is 0. The first-order valence-electron chi connectivity index (χ1n) is 6.61. The number of hydrogen-bond donors (Lipinski definition) is 5. The van der Waals surface area contributed by atoms with Gasteiger partial charge in [0.1, 0.15) is 6.04 Å². The first-order valence-corrected chi connectivity index (χ1v) is 7.45. The molecule has 2 amide bonds. The van der Waals surface area contributed by atoms with Gasteiger partial charge in [0.2, 0.25) is 11.8 Å². The Hall–Kier alpha value is -1.32. The molecule has 9 heteroatoms. The molecule has 3 atom stereocenters. The number of rotatable bonds is 8. The summed E-state index contributed by atoms with van der Waals surface area (Å²) >= 11 is 0.396. The number of amides is 2. The molecule has 0 aromatic rings. The molecule has 0 aliphatic heterocycles. The van der Waals surface area contributed by atoms with Crippen molar-refractivity contribution in [2.75, 3.05) is 13.6 Å². The van der Waals surface area contributed by atoms with Crippen molar-refractivity contribution in [3.8, 4) is 0 Å². The summed E-state index contributed by atoms with van der Waals surface area (Å²) in [5, 5.41) is 12.9. The highest BCUT2D eigenvalue weighted by Crippen LogP contribution is 2.20. The van der Waals surface area contributed by atoms with Crippen LogP contribution in [-0.2, 0) is 14.4 Å². The summed E-state index contributed by atoms with van der Waals surface area (Å²) in [6.45, 7) is 5.42. The molecule has 8 nitrogen and oxygen atoms in total. The highest BCUT2D eigenvalue weighted by atomic mass is 32.2. The van der Waals surface area contributed by atoms with Gasteiger partial charge >= 0.3 is 5.97 Å². The van der Waals surface area contributed by atoms with Crippen molar-refractivity contribution in [3.05, 3.63) is 0 Å². The average molecular weight is 323 g/mol. The lowest BCUT2D eigenvalue weighted by atomic mass is 10.0. The van der Waals surface area contributed by atoms with Crippen molar-refractivity contribution in [3.63, 3.8) is 0 Å². The maximum atomic E-state index is 11.9. The van der Waals surface area contributed by atoms with E-state index in [1.165, 1.54) is 14.0 Å². The zero-order valence-corrected chi connectivity index (χ0v) is 13.6. The Morgan fingerprint density at radius 3 is 2.10 bits per heavy atom. The van der Waals surface area contributed by atoms with E-state index in [9.17, 15) is 14.4 Å². The van der Waals surface area contributed by atoms with Crippen LogP contribution in [0.15, 0.2) is 0 Å². The van der Waals surface area contributed by atoms with Gasteiger partial charge in [0.15, 0.2) is 0 Å². The topological polar surface area (TPSA) is 142 Å². The van der Waals surface area contributed by atoms with E-state index >= 15 is 0 Å². The summed E-state index contributed by atoms with van der Waals surface area (Å²) in [5.41, 5.74) is 5.36. The lowest BCUT2D eigenvalue weighted by molar-refractivity contribution is -0.141. The van der Waals surface area contributed by atoms with E-state index < -0.39 is 41.4 Å². The smallest absolute Gasteiger partial charge is 0.304 e. The second kappa shape index (κ2) is 12.4. The monoisotopic (exact) mass is 323 g/mol. The van der Waals surface area contributed by atoms with E-state index in [0.29, 0.717) is 12.0 Å². The molecular formula is C12H25N3O5S. The fourth-order valence-electron chi connectivity index (χ4n) is 1.42. The lowest BCUT2D eigenvalue weighted by Gasteiger charge is -2.22. The predicted octanol–water partition coefficient (Wildman–Crippen LogP) is -0.112. The van der Waals surface area contributed by atoms with Gasteiger partial charge in [-0.2, -0.15) is 0 Å². The third-order valence-electron chi connectivity index (χ3n) is 2.58. The number of aliphatic carboxylic acids is 1. The minimum Gasteiger partial charge on any atom is -0.481 e. The molecule has 0 aliphatic carbocycles. The maximum Gasteiger partial charge on any atom is 0.304 e. The summed E-state index contributed by atoms with van der Waals surface area (Å²) in [6.07, 6.45) is -0.439. The van der Waals surface area contributed by atoms with Gasteiger partial charge in [-0.3, -0.25) is 14.4 Å². The van der Waals surface area contributed by atoms with E-state index in [0.717, 1.165) is 0 Å². The fraction of sp³-hybridized carbons (Fsp3) is 0.750. The zero-order chi connectivity index (χ0) is 17.0. The molecule has 6 N–H and O–H groups in total. The molecule has 0 aromatic carbocycles. The summed E-state index contributed by atoms with van der Waals surface area (Å²) < 4.78 is 8.95. The second-order valence-corrected chi connectivity index (χ2v) is 4.88. The average Bonchev–Trinajstić information content (AvgIpc) is 2.50. The lowest BCUT2D eigenvalue weighted by Crippen LogP contribution is -2.52. The minimum absolute atomic E-state index is 0.105. The van der Waals surface area contributed by atoms with Crippen LogP contribution < -0.4 is 16.4 Å². The largest absolute Gasteiger partial charge is 0.481 e. The number of carbonyl (C=O) groups excluding carboxylic acids is 2. The van der Waals surface area contributed by atoms with E-state index in [4.69, 9.17) is 15.4 Å². The number of nitrogens with one attached hydrogen (secondary N) is 2. The summed E-state index contributed by atoms with van der Waals surface area (Å²) in [5.74, 6) is -3.21. The van der Waals surface area contributed by atoms with Gasteiger partial charge in [0, 0.05) is 18.8 Å². The molecule has 124 valence electrons. The highest BCUT2D eigenvalue weighted by molar-refractivity contribution is 7.94. The number of likely N-dealkylation sites (N-methyl/N-ethyl adjacent to an activating group) is 1. The SMILES string of the molecule is CC.CNC(=O)C(CN)NC(=O)C(CC(=O)O)C(C)SO. The van der Waals surface area contributed by atoms with Crippen LogP contribution >= 0.6 is 12.0 Å². The molecule has 0 heterocycles. The molecule has 3 unspecified atom stereocenters. The molecule has 0 bridgehead atoms. The quantitative estimate of drug-likeness (QED) is 0.392. The van der Waals surface area contributed by atoms with Gasteiger partial charge in [-0.15, -0.1) is 0 Å². The van der Waals surface area contributed by atoms with Crippen molar-refractivity contribution < 1.29 is 24.0 Å². The summed E-state index contributed by atoms with van der Waals surface area (Å²) in [7, 11) is 1.40. The summed E-state index contributed by atoms with van der Waals surface area (Å²) in [6, 6.07) is -0.926. The minimum atomic E-state index is -1.16. The number of hydrogen-bond acceptors (Lipinski definition) is 6. The Bertz CT molecular complexity index is 341. The van der Waals surface area contributed by atoms with Crippen LogP contribution in [0.4, 0.5) is 0 Å². The standard InChI is InChI=1S/C10H19N3O5S.C2H6/c1-5(19-18)6(3-8(14)15)9(16)13-7(4-11)10(17)12-2;1-2/h5-7,18H,3-4,11H2,1-2H3,(H,12,17)(H,13,16)(H,14,15);1-2H3. The first kappa shape index (κ1) is 22.0. The van der Waals surface area contributed by atoms with Crippen molar-refractivity contribution in [2.24, 2.45) is 11.7 Å². The van der Waals surface area contributed by atoms with Crippen LogP contribution in [0.1, 0.15) is 27.2 Å². The molecule has 0 fully saturated rings. The van der Waals surface area contributed by atoms with Crippen molar-refractivity contribution in [1.82, 2.24) is 10.6 Å². The predicted molar refractivity (Wildman–Crippen MR) is 81.8 cm³/mol. The van der Waals surface area contributed by atoms with Crippen molar-refractivity contribution in [2.45, 2.75) is 38.5 Å². The van der Waals surface area contributed by atoms with E-state index in [2.05, 4.69) is 10.6 Å². The molecule has 0 radical (unpaired) electrons. The third kappa shape index (κ3) is 8.53. The number of carboxylic acids is 1.